The smallest absolute Gasteiger partial charge is 0.870 e. The van der Waals surface area contributed by atoms with Crippen LogP contribution in [0.25, 0.3) is 0 Å². The maximum atomic E-state index is 13.1. The summed E-state index contributed by atoms with van der Waals surface area (Å²) in [6.07, 6.45) is -2.93. The molecular weight excluding hydrogens is 1100 g/mol. The first-order chi connectivity index (χ1) is 36.7. The van der Waals surface area contributed by atoms with Crippen LogP contribution in [0.3, 0.4) is 0 Å². The van der Waals surface area contributed by atoms with Crippen LogP contribution >= 0.6 is 0 Å². The van der Waals surface area contributed by atoms with Crippen molar-refractivity contribution in [3.05, 3.63) is 0 Å². The van der Waals surface area contributed by atoms with Crippen LogP contribution in [0.15, 0.2) is 0 Å². The summed E-state index contributed by atoms with van der Waals surface area (Å²) >= 11 is 0. The van der Waals surface area contributed by atoms with Gasteiger partial charge >= 0.3 is 66.7 Å². The second-order valence-corrected chi connectivity index (χ2v) is 28.2. The molecule has 3 saturated heterocycles. The third kappa shape index (κ3) is 30.3. The largest absolute Gasteiger partial charge is 1.00 e. The van der Waals surface area contributed by atoms with Crippen molar-refractivity contribution < 1.29 is 126 Å². The van der Waals surface area contributed by atoms with Crippen molar-refractivity contribution in [2.45, 2.75) is 243 Å². The molecule has 0 bridgehead atoms. The minimum absolute atomic E-state index is 0. The monoisotopic (exact) mass is 1200 g/mol. The van der Waals surface area contributed by atoms with E-state index in [2.05, 4.69) is 4.74 Å². The van der Waals surface area contributed by atoms with E-state index in [0.717, 1.165) is 0 Å². The van der Waals surface area contributed by atoms with E-state index in [1.54, 1.807) is 104 Å². The normalized spacial score (nSPS) is 21.0. The van der Waals surface area contributed by atoms with Crippen LogP contribution in [0.2, 0.25) is 0 Å². The number of ether oxygens (including phenoxy) is 6. The number of carbonyl (C=O) groups excluding carboxylic acids is 8. The van der Waals surface area contributed by atoms with E-state index in [1.165, 1.54) is 28.9 Å². The summed E-state index contributed by atoms with van der Waals surface area (Å²) in [7, 11) is 2.50. The van der Waals surface area contributed by atoms with Gasteiger partial charge in [-0.25, -0.2) is 19.2 Å². The Hall–Kier alpha value is -5.06. The fourth-order valence-electron chi connectivity index (χ4n) is 8.75. The zero-order chi connectivity index (χ0) is 64.8. The van der Waals surface area contributed by atoms with E-state index >= 15 is 0 Å². The number of β-amino-alcohol motifs (C(OH)–C–C–N with tert-alkyl or cyclic N) is 3. The quantitative estimate of drug-likeness (QED) is 0.107. The van der Waals surface area contributed by atoms with Crippen molar-refractivity contribution in [1.29, 1.82) is 0 Å². The predicted molar refractivity (Wildman–Crippen MR) is 301 cm³/mol. The number of carboxylic acids is 2. The van der Waals surface area contributed by atoms with Crippen molar-refractivity contribution in [2.24, 2.45) is 34.0 Å². The third-order valence-corrected chi connectivity index (χ3v) is 12.7. The number of likely N-dealkylation sites (tertiary alicyclic amines) is 3. The Balaban J connectivity index is -0.00000105. The van der Waals surface area contributed by atoms with Gasteiger partial charge in [-0.1, -0.05) is 62.3 Å². The number of hydrogen-bond donors (Lipinski definition) is 5. The van der Waals surface area contributed by atoms with Gasteiger partial charge in [0.15, 0.2) is 0 Å². The molecule has 3 heterocycles. The first-order valence-corrected chi connectivity index (χ1v) is 27.6. The number of aliphatic carboxylic acids is 2. The van der Waals surface area contributed by atoms with Gasteiger partial charge in [0.05, 0.1) is 76.1 Å². The molecule has 0 aromatic rings. The molecule has 482 valence electrons. The number of hydrogen-bond acceptors (Lipinski definition) is 20. The summed E-state index contributed by atoms with van der Waals surface area (Å²) in [6.45, 7) is 37.6. The van der Waals surface area contributed by atoms with Crippen LogP contribution in [-0.4, -0.2) is 198 Å². The van der Waals surface area contributed by atoms with Crippen LogP contribution < -0.4 is 18.9 Å². The summed E-state index contributed by atoms with van der Waals surface area (Å²) in [6, 6.07) is -2.64. The Morgan fingerprint density at radius 1 is 0.417 bits per heavy atom. The van der Waals surface area contributed by atoms with Crippen LogP contribution in [0.1, 0.15) is 184 Å². The van der Waals surface area contributed by atoms with Crippen molar-refractivity contribution >= 4 is 59.7 Å². The van der Waals surface area contributed by atoms with Gasteiger partial charge in [0.25, 0.3) is 0 Å². The Morgan fingerprint density at radius 2 is 0.667 bits per heavy atom. The fraction of sp³-hybridized carbons (Fsp3) is 0.828. The van der Waals surface area contributed by atoms with Gasteiger partial charge < -0.3 is 69.2 Å². The number of esters is 5. The van der Waals surface area contributed by atoms with E-state index < -0.39 is 147 Å². The second-order valence-electron chi connectivity index (χ2n) is 28.2. The Labute approximate surface area is 509 Å². The SMILES string of the molecule is CC(C)(C)OC(=O)C[C@H](C(=O)N1C[C@H](O)C[C@H]1C(=O)O)C(C)(C)C.CC(C)(C)OC(=O)C[C@H](C(=O)O)C(C)(C)C.COC(=O)[C@@H]1C[C@@H](O)CN1C(=O)OC(C)(C)C.COC(=O)[C@@H]1C[C@@H](O)CN1C(=O)[C@@H](CC(=O)OC(C)(C)C)C(C)(C)C.[Li+].[OH-]. The topological polar surface area (TPSA) is 367 Å². The van der Waals surface area contributed by atoms with E-state index in [0.29, 0.717) is 0 Å². The van der Waals surface area contributed by atoms with E-state index in [-0.39, 0.29) is 88.4 Å². The van der Waals surface area contributed by atoms with Crippen LogP contribution in [0.5, 0.6) is 0 Å². The Bertz CT molecular complexity index is 2210. The van der Waals surface area contributed by atoms with E-state index in [4.69, 9.17) is 28.8 Å². The molecule has 0 unspecified atom stereocenters. The van der Waals surface area contributed by atoms with Crippen molar-refractivity contribution in [1.82, 2.24) is 14.7 Å². The van der Waals surface area contributed by atoms with Gasteiger partial charge in [0.1, 0.15) is 40.5 Å². The summed E-state index contributed by atoms with van der Waals surface area (Å²) in [5.74, 6) is -7.51. The average Bonchev–Trinajstić information content (AvgIpc) is 3.98. The molecule has 6 N–H and O–H groups in total. The summed E-state index contributed by atoms with van der Waals surface area (Å²) in [4.78, 5) is 123. The number of carboxylic acid groups (broad SMARTS) is 2. The number of carbonyl (C=O) groups is 10. The minimum atomic E-state index is -1.15. The summed E-state index contributed by atoms with van der Waals surface area (Å²) in [5.41, 5.74) is -4.02. The van der Waals surface area contributed by atoms with Gasteiger partial charge in [0, 0.05) is 32.4 Å². The molecule has 3 amide bonds. The fourth-order valence-corrected chi connectivity index (χ4v) is 8.75. The number of aliphatic hydroxyl groups is 3. The van der Waals surface area contributed by atoms with Gasteiger partial charge in [-0.05, 0) is 99.3 Å². The van der Waals surface area contributed by atoms with Crippen LogP contribution in [0, 0.1) is 34.0 Å². The molecule has 9 atom stereocenters. The Morgan fingerprint density at radius 3 is 0.917 bits per heavy atom. The van der Waals surface area contributed by atoms with Gasteiger partial charge in [-0.2, -0.15) is 0 Å². The number of aliphatic hydroxyl groups excluding tert-OH is 3. The molecule has 25 nitrogen and oxygen atoms in total. The van der Waals surface area contributed by atoms with Crippen molar-refractivity contribution in [3.63, 3.8) is 0 Å². The number of rotatable bonds is 12. The van der Waals surface area contributed by atoms with E-state index in [9.17, 15) is 68.4 Å². The first kappa shape index (κ1) is 83.2. The maximum absolute atomic E-state index is 13.1. The molecule has 0 aromatic heterocycles. The second kappa shape index (κ2) is 33.2. The predicted octanol–water partition coefficient (Wildman–Crippen LogP) is 2.76. The molecular formula is C58H102LiN3O22. The van der Waals surface area contributed by atoms with Gasteiger partial charge in [0.2, 0.25) is 11.8 Å². The molecule has 0 radical (unpaired) electrons. The number of amides is 3. The maximum Gasteiger partial charge on any atom is 1.00 e. The molecule has 3 aliphatic heterocycles. The van der Waals surface area contributed by atoms with Gasteiger partial charge in [-0.3, -0.25) is 33.7 Å². The van der Waals surface area contributed by atoms with E-state index in [1.807, 2.05) is 41.5 Å². The molecule has 0 saturated carbocycles. The molecule has 0 aromatic carbocycles. The van der Waals surface area contributed by atoms with Crippen molar-refractivity contribution in [3.8, 4) is 0 Å². The number of nitrogens with zero attached hydrogens (tertiary/aromatic N) is 3. The molecule has 3 rings (SSSR count). The summed E-state index contributed by atoms with van der Waals surface area (Å²) < 4.78 is 30.2. The first-order valence-electron chi connectivity index (χ1n) is 27.6. The minimum Gasteiger partial charge on any atom is -0.870 e. The molecule has 0 aliphatic carbocycles. The molecule has 26 heteroatoms. The Kier molecular flexibility index (Phi) is 32.8. The molecule has 84 heavy (non-hydrogen) atoms. The average molecular weight is 1200 g/mol. The summed E-state index contributed by atoms with van der Waals surface area (Å²) in [5, 5.41) is 47.5. The third-order valence-electron chi connectivity index (χ3n) is 12.7. The standard InChI is InChI=1S/C18H31NO6.C17H29NO6.C12H22O4.C11H19NO5.Li.H2O/c1-17(2,3)12(9-14(21)25-18(4,5)6)15(22)19-10-11(20)8-13(19)16(23)24-7;1-16(2,3)11(8-13(20)24-17(4,5)6)14(21)18-9-10(19)7-12(18)15(22)23;1-11(2,3)8(10(14)15)7-9(13)16-12(4,5)6;1-11(2,3)17-10(15)12-6-7(13)5-8(12)9(14)16-4;;/h11-13,20H,8-10H2,1-7H3;10-12,19H,7-9H2,1-6H3,(H,22,23);8H,7H2,1-6H3,(H,14,15);7-8,13H,5-6H2,1-4H3;;1H2/q;;;;+1;/p-1/t11-,12-,13+;10-,11-,12+;8-;7-,8+;;/m1111../s1. The molecule has 3 aliphatic rings. The van der Waals surface area contributed by atoms with Gasteiger partial charge in [-0.15, -0.1) is 0 Å². The zero-order valence-corrected chi connectivity index (χ0v) is 54.6. The van der Waals surface area contributed by atoms with Crippen molar-refractivity contribution in [2.75, 3.05) is 33.9 Å². The number of methoxy groups -OCH3 is 2. The zero-order valence-electron chi connectivity index (χ0n) is 54.6. The molecule has 3 fully saturated rings. The van der Waals surface area contributed by atoms with Crippen LogP contribution in [0.4, 0.5) is 4.79 Å². The molecule has 0 spiro atoms. The van der Waals surface area contributed by atoms with Crippen LogP contribution in [-0.2, 0) is 71.6 Å².